The van der Waals surface area contributed by atoms with Crippen molar-refractivity contribution in [1.29, 1.82) is 0 Å². The summed E-state index contributed by atoms with van der Waals surface area (Å²) in [6.07, 6.45) is 3.30. The molecule has 3 nitrogen and oxygen atoms in total. The number of aliphatic carboxylic acids is 1. The van der Waals surface area contributed by atoms with Gasteiger partial charge in [-0.1, -0.05) is 42.0 Å². The summed E-state index contributed by atoms with van der Waals surface area (Å²) < 4.78 is 2.37. The summed E-state index contributed by atoms with van der Waals surface area (Å²) in [6.45, 7) is 2.92. The van der Waals surface area contributed by atoms with E-state index >= 15 is 0 Å². The van der Waals surface area contributed by atoms with Gasteiger partial charge >= 0.3 is 5.97 Å². The van der Waals surface area contributed by atoms with Crippen LogP contribution in [0.2, 0.25) is 0 Å². The third-order valence-electron chi connectivity index (χ3n) is 5.34. The van der Waals surface area contributed by atoms with Crippen LogP contribution < -0.4 is 0 Å². The Balaban J connectivity index is 1.91. The van der Waals surface area contributed by atoms with Crippen LogP contribution in [0.5, 0.6) is 0 Å². The highest BCUT2D eigenvalue weighted by molar-refractivity contribution is 5.87. The molecule has 3 heteroatoms. The van der Waals surface area contributed by atoms with Crippen molar-refractivity contribution in [2.45, 2.75) is 45.1 Å². The van der Waals surface area contributed by atoms with Gasteiger partial charge in [-0.15, -0.1) is 0 Å². The van der Waals surface area contributed by atoms with E-state index in [-0.39, 0.29) is 12.3 Å². The Morgan fingerprint density at radius 1 is 1.20 bits per heavy atom. The summed E-state index contributed by atoms with van der Waals surface area (Å²) in [6, 6.07) is 17.1. The van der Waals surface area contributed by atoms with Crippen molar-refractivity contribution in [3.05, 3.63) is 70.9 Å². The van der Waals surface area contributed by atoms with Gasteiger partial charge in [0.05, 0.1) is 6.42 Å². The predicted molar refractivity (Wildman–Crippen MR) is 100 cm³/mol. The van der Waals surface area contributed by atoms with Crippen LogP contribution >= 0.6 is 0 Å². The minimum Gasteiger partial charge on any atom is -0.481 e. The quantitative estimate of drug-likeness (QED) is 0.738. The summed E-state index contributed by atoms with van der Waals surface area (Å²) in [7, 11) is 0. The van der Waals surface area contributed by atoms with Crippen LogP contribution in [0.25, 0.3) is 10.9 Å². The third kappa shape index (κ3) is 2.95. The van der Waals surface area contributed by atoms with Crippen molar-refractivity contribution >= 4 is 16.9 Å². The Morgan fingerprint density at radius 2 is 2.00 bits per heavy atom. The number of hydrogen-bond donors (Lipinski definition) is 1. The van der Waals surface area contributed by atoms with Gasteiger partial charge in [0.25, 0.3) is 0 Å². The lowest BCUT2D eigenvalue weighted by atomic mass is 9.84. The zero-order valence-electron chi connectivity index (χ0n) is 14.5. The molecule has 3 aromatic rings. The van der Waals surface area contributed by atoms with Crippen molar-refractivity contribution in [2.24, 2.45) is 0 Å². The number of carboxylic acid groups (broad SMARTS) is 1. The molecule has 1 aromatic heterocycles. The van der Waals surface area contributed by atoms with Crippen molar-refractivity contribution in [3.8, 4) is 0 Å². The summed E-state index contributed by atoms with van der Waals surface area (Å²) in [5.41, 5.74) is 6.36. The summed E-state index contributed by atoms with van der Waals surface area (Å²) in [5.74, 6) is -0.594. The SMILES string of the molecule is Cc1ccc2c(c1)c1c(n2Cc2ccccc2)[C@H](CC(=O)O)CCC1. The van der Waals surface area contributed by atoms with E-state index in [1.807, 2.05) is 6.07 Å². The van der Waals surface area contributed by atoms with Crippen LogP contribution in [0, 0.1) is 6.92 Å². The number of benzene rings is 2. The second-order valence-electron chi connectivity index (χ2n) is 7.14. The molecule has 0 aliphatic heterocycles. The van der Waals surface area contributed by atoms with E-state index in [9.17, 15) is 9.90 Å². The first-order chi connectivity index (χ1) is 12.1. The van der Waals surface area contributed by atoms with Gasteiger partial charge in [0.1, 0.15) is 0 Å². The minimum absolute atomic E-state index is 0.109. The third-order valence-corrected chi connectivity index (χ3v) is 5.34. The molecule has 0 fully saturated rings. The van der Waals surface area contributed by atoms with Crippen LogP contribution in [0.4, 0.5) is 0 Å². The predicted octanol–water partition coefficient (Wildman–Crippen LogP) is 4.89. The highest BCUT2D eigenvalue weighted by Crippen LogP contribution is 2.40. The number of rotatable bonds is 4. The molecule has 0 saturated carbocycles. The van der Waals surface area contributed by atoms with Gasteiger partial charge in [-0.25, -0.2) is 0 Å². The molecule has 0 saturated heterocycles. The smallest absolute Gasteiger partial charge is 0.304 e. The molecule has 25 heavy (non-hydrogen) atoms. The maximum Gasteiger partial charge on any atom is 0.304 e. The van der Waals surface area contributed by atoms with Crippen molar-refractivity contribution in [2.75, 3.05) is 0 Å². The van der Waals surface area contributed by atoms with Crippen LogP contribution in [0.1, 0.15) is 47.6 Å². The van der Waals surface area contributed by atoms with Crippen LogP contribution in [0.3, 0.4) is 0 Å². The highest BCUT2D eigenvalue weighted by atomic mass is 16.4. The standard InChI is InChI=1S/C22H23NO2/c1-15-10-11-20-19(12-15)18-9-5-8-17(13-21(24)25)22(18)23(20)14-16-6-3-2-4-7-16/h2-4,6-7,10-12,17H,5,8-9,13-14H2,1H3,(H,24,25)/t17-/m0/s1. The molecule has 0 unspecified atom stereocenters. The fourth-order valence-electron chi connectivity index (χ4n) is 4.29. The van der Waals surface area contributed by atoms with Gasteiger partial charge in [-0.2, -0.15) is 0 Å². The molecule has 0 radical (unpaired) electrons. The fourth-order valence-corrected chi connectivity index (χ4v) is 4.29. The Morgan fingerprint density at radius 3 is 2.76 bits per heavy atom. The second-order valence-corrected chi connectivity index (χ2v) is 7.14. The zero-order chi connectivity index (χ0) is 17.4. The van der Waals surface area contributed by atoms with Gasteiger partial charge in [0.2, 0.25) is 0 Å². The van der Waals surface area contributed by atoms with E-state index in [1.165, 1.54) is 33.3 Å². The average molecular weight is 333 g/mol. The lowest BCUT2D eigenvalue weighted by Gasteiger charge is -2.24. The van der Waals surface area contributed by atoms with Gasteiger partial charge < -0.3 is 9.67 Å². The molecule has 1 heterocycles. The van der Waals surface area contributed by atoms with Crippen LogP contribution in [0.15, 0.2) is 48.5 Å². The number of nitrogens with zero attached hydrogens (tertiary/aromatic N) is 1. The Labute approximate surface area is 147 Å². The van der Waals surface area contributed by atoms with E-state index in [0.717, 1.165) is 25.8 Å². The number of aromatic nitrogens is 1. The highest BCUT2D eigenvalue weighted by Gasteiger charge is 2.29. The van der Waals surface area contributed by atoms with Gasteiger partial charge in [0, 0.05) is 29.1 Å². The second kappa shape index (κ2) is 6.40. The lowest BCUT2D eigenvalue weighted by molar-refractivity contribution is -0.137. The number of aryl methyl sites for hydroxylation is 2. The van der Waals surface area contributed by atoms with Crippen molar-refractivity contribution in [3.63, 3.8) is 0 Å². The molecule has 128 valence electrons. The average Bonchev–Trinajstić information content (AvgIpc) is 2.90. The molecular weight excluding hydrogens is 310 g/mol. The van der Waals surface area contributed by atoms with Gasteiger partial charge in [-0.05, 0) is 49.4 Å². The Bertz CT molecular complexity index is 924. The molecule has 1 aliphatic rings. The van der Waals surface area contributed by atoms with E-state index in [2.05, 4.69) is 54.0 Å². The summed E-state index contributed by atoms with van der Waals surface area (Å²) in [5, 5.41) is 10.7. The van der Waals surface area contributed by atoms with Crippen LogP contribution in [-0.2, 0) is 17.8 Å². The Hall–Kier alpha value is -2.55. The minimum atomic E-state index is -0.703. The Kier molecular flexibility index (Phi) is 4.08. The van der Waals surface area contributed by atoms with E-state index in [1.54, 1.807) is 0 Å². The lowest BCUT2D eigenvalue weighted by Crippen LogP contribution is -2.17. The van der Waals surface area contributed by atoms with E-state index in [4.69, 9.17) is 0 Å². The number of carbonyl (C=O) groups is 1. The largest absolute Gasteiger partial charge is 0.481 e. The summed E-state index contributed by atoms with van der Waals surface area (Å²) >= 11 is 0. The monoisotopic (exact) mass is 333 g/mol. The first kappa shape index (κ1) is 15.9. The molecule has 2 aromatic carbocycles. The van der Waals surface area contributed by atoms with Crippen molar-refractivity contribution in [1.82, 2.24) is 4.57 Å². The fraction of sp³-hybridized carbons (Fsp3) is 0.318. The van der Waals surface area contributed by atoms with E-state index < -0.39 is 5.97 Å². The van der Waals surface area contributed by atoms with Gasteiger partial charge in [0.15, 0.2) is 0 Å². The number of hydrogen-bond acceptors (Lipinski definition) is 1. The van der Waals surface area contributed by atoms with Gasteiger partial charge in [-0.3, -0.25) is 4.79 Å². The summed E-state index contributed by atoms with van der Waals surface area (Å²) in [4.78, 5) is 11.4. The van der Waals surface area contributed by atoms with E-state index in [0.29, 0.717) is 0 Å². The van der Waals surface area contributed by atoms with Crippen molar-refractivity contribution < 1.29 is 9.90 Å². The number of fused-ring (bicyclic) bond motifs is 3. The molecule has 0 amide bonds. The topological polar surface area (TPSA) is 42.2 Å². The molecule has 0 bridgehead atoms. The first-order valence-electron chi connectivity index (χ1n) is 9.01. The molecule has 0 spiro atoms. The molecular formula is C22H23NO2. The zero-order valence-corrected chi connectivity index (χ0v) is 14.5. The first-order valence-corrected chi connectivity index (χ1v) is 9.01. The molecule has 1 atom stereocenters. The number of carboxylic acids is 1. The maximum absolute atomic E-state index is 11.4. The molecule has 4 rings (SSSR count). The maximum atomic E-state index is 11.4. The molecule has 1 N–H and O–H groups in total. The van der Waals surface area contributed by atoms with Crippen LogP contribution in [-0.4, -0.2) is 15.6 Å². The molecule has 1 aliphatic carbocycles. The normalized spacial score (nSPS) is 16.8.